The highest BCUT2D eigenvalue weighted by Crippen LogP contribution is 2.40. The Kier molecular flexibility index (Phi) is 9.53. The molecule has 60 heavy (non-hydrogen) atoms. The molecule has 3 saturated heterocycles. The van der Waals surface area contributed by atoms with E-state index in [1.165, 1.54) is 29.1 Å². The summed E-state index contributed by atoms with van der Waals surface area (Å²) in [5, 5.41) is 4.97. The summed E-state index contributed by atoms with van der Waals surface area (Å²) in [4.78, 5) is 46.5. The van der Waals surface area contributed by atoms with Gasteiger partial charge in [0.15, 0.2) is 11.5 Å². The van der Waals surface area contributed by atoms with E-state index in [-0.39, 0.29) is 54.8 Å². The molecule has 1 amide bonds. The third-order valence-electron chi connectivity index (χ3n) is 12.1. The lowest BCUT2D eigenvalue weighted by Crippen LogP contribution is -2.69. The van der Waals surface area contributed by atoms with Crippen molar-refractivity contribution in [3.8, 4) is 23.0 Å². The maximum Gasteiger partial charge on any atom is 0.317 e. The number of piperidine rings is 1. The molecule has 2 aromatic carbocycles. The van der Waals surface area contributed by atoms with Crippen molar-refractivity contribution in [2.45, 2.75) is 63.6 Å². The molecule has 5 atom stereocenters. The van der Waals surface area contributed by atoms with Gasteiger partial charge in [-0.2, -0.15) is 20.1 Å². The Morgan fingerprint density at radius 1 is 0.933 bits per heavy atom. The third kappa shape index (κ3) is 6.54. The van der Waals surface area contributed by atoms with Crippen LogP contribution in [0.4, 0.5) is 29.3 Å². The number of ether oxygens (including phenoxy) is 2. The number of nitrogens with zero attached hydrogens (tertiary/aromatic N) is 12. The van der Waals surface area contributed by atoms with Crippen LogP contribution in [0.5, 0.6) is 6.01 Å². The first-order valence-electron chi connectivity index (χ1n) is 20.1. The van der Waals surface area contributed by atoms with Crippen molar-refractivity contribution in [3.63, 3.8) is 0 Å². The summed E-state index contributed by atoms with van der Waals surface area (Å²) >= 11 is 0. The molecule has 0 saturated carbocycles. The van der Waals surface area contributed by atoms with Crippen LogP contribution >= 0.6 is 0 Å². The van der Waals surface area contributed by atoms with Crippen LogP contribution in [0.3, 0.4) is 0 Å². The van der Waals surface area contributed by atoms with Crippen molar-refractivity contribution in [2.75, 3.05) is 62.9 Å². The number of rotatable bonds is 7. The number of halogens is 4. The topological polar surface area (TPSA) is 136 Å². The van der Waals surface area contributed by atoms with Gasteiger partial charge in [-0.05, 0) is 44.5 Å². The van der Waals surface area contributed by atoms with E-state index in [0.29, 0.717) is 78.1 Å². The SMILES string of the molecule is CCO[C@H]1CN(C)C(=O)[C@@H]2C[C@@H](CN2c2nc(N3C4CC3CN(CCF)C4)nc3c2cnn3-c2ccc(F)cc2F)Oc2nccc(n2)-c2cc(F)cc3nc(C)n(c23)C1. The van der Waals surface area contributed by atoms with Crippen LogP contribution in [0.15, 0.2) is 48.8 Å². The minimum Gasteiger partial charge on any atom is -0.458 e. The van der Waals surface area contributed by atoms with Crippen molar-refractivity contribution < 1.29 is 31.8 Å². The molecule has 4 aromatic heterocycles. The summed E-state index contributed by atoms with van der Waals surface area (Å²) in [7, 11) is 1.73. The maximum atomic E-state index is 15.4. The zero-order valence-electron chi connectivity index (χ0n) is 33.2. The molecular weight excluding hydrogens is 785 g/mol. The number of carbonyl (C=O) groups is 1. The van der Waals surface area contributed by atoms with Crippen LogP contribution < -0.4 is 14.5 Å². The van der Waals surface area contributed by atoms with Gasteiger partial charge in [0.25, 0.3) is 0 Å². The fraction of sp³-hybridized carbons (Fsp3) is 0.439. The van der Waals surface area contributed by atoms with Gasteiger partial charge in [-0.25, -0.2) is 32.2 Å². The Labute approximate surface area is 341 Å². The Morgan fingerprint density at radius 3 is 2.55 bits per heavy atom. The van der Waals surface area contributed by atoms with Crippen LogP contribution in [0.25, 0.3) is 39.0 Å². The summed E-state index contributed by atoms with van der Waals surface area (Å²) in [5.41, 5.74) is 2.32. The zero-order chi connectivity index (χ0) is 41.4. The summed E-state index contributed by atoms with van der Waals surface area (Å²) in [6.07, 6.45) is 3.07. The molecule has 6 aromatic rings. The van der Waals surface area contributed by atoms with E-state index in [0.717, 1.165) is 18.6 Å². The quantitative estimate of drug-likeness (QED) is 0.210. The number of imidazole rings is 1. The number of likely N-dealkylation sites (tertiary alicyclic amines) is 1. The molecule has 10 rings (SSSR count). The first kappa shape index (κ1) is 38.3. The number of benzene rings is 2. The van der Waals surface area contributed by atoms with Gasteiger partial charge < -0.3 is 28.7 Å². The van der Waals surface area contributed by atoms with Crippen LogP contribution in [0.1, 0.15) is 25.6 Å². The molecular formula is C41H42F4N12O3. The van der Waals surface area contributed by atoms with E-state index in [1.807, 2.05) is 23.3 Å². The number of aromatic nitrogens is 8. The van der Waals surface area contributed by atoms with Crippen molar-refractivity contribution in [3.05, 3.63) is 72.1 Å². The van der Waals surface area contributed by atoms with E-state index in [1.54, 1.807) is 24.2 Å². The normalized spacial score (nSPS) is 23.2. The van der Waals surface area contributed by atoms with Crippen molar-refractivity contribution >= 4 is 39.7 Å². The molecule has 8 heterocycles. The lowest BCUT2D eigenvalue weighted by molar-refractivity contribution is -0.133. The van der Waals surface area contributed by atoms with Crippen molar-refractivity contribution in [1.29, 1.82) is 0 Å². The van der Waals surface area contributed by atoms with Gasteiger partial charge in [0.2, 0.25) is 11.9 Å². The molecule has 19 heteroatoms. The highest BCUT2D eigenvalue weighted by atomic mass is 19.1. The average molecular weight is 827 g/mol. The molecule has 6 bridgehead atoms. The van der Waals surface area contributed by atoms with E-state index in [4.69, 9.17) is 24.4 Å². The van der Waals surface area contributed by atoms with Crippen molar-refractivity contribution in [2.24, 2.45) is 0 Å². The van der Waals surface area contributed by atoms with Crippen LogP contribution in [0, 0.1) is 24.4 Å². The molecule has 312 valence electrons. The standard InChI is InChI=1S/C41H42F4N12O3/c1-4-59-28-19-52(3)39(58)35-15-27(60-41-46-9-7-32(49-41)29-11-24(44)13-33-36(29)54(21-28)22(2)48-33)20-55(35)37-30-16-47-57(34-6-5-23(43)12-31(34)45)38(30)51-40(50-37)56-25-14-26(56)18-53(17-25)10-8-42/h5-7,9,11-13,16,25-28,35H,4,8,10,14-15,17-21H2,1-3H3/t25?,26?,27-,28-,35-/m0/s1. The van der Waals surface area contributed by atoms with Crippen LogP contribution in [-0.4, -0.2) is 138 Å². The third-order valence-corrected chi connectivity index (χ3v) is 12.1. The molecule has 15 nitrogen and oxygen atoms in total. The van der Waals surface area contributed by atoms with E-state index < -0.39 is 42.4 Å². The van der Waals surface area contributed by atoms with Gasteiger partial charge in [0.1, 0.15) is 47.8 Å². The molecule has 4 aliphatic heterocycles. The largest absolute Gasteiger partial charge is 0.458 e. The number of fused-ring (bicyclic) bond motifs is 8. The number of amides is 1. The number of alkyl halides is 1. The number of likely N-dealkylation sites (N-methyl/N-ethyl adjacent to an activating group) is 1. The van der Waals surface area contributed by atoms with Crippen molar-refractivity contribution in [1.82, 2.24) is 49.1 Å². The van der Waals surface area contributed by atoms with Crippen LogP contribution in [0.2, 0.25) is 0 Å². The van der Waals surface area contributed by atoms with E-state index >= 15 is 8.78 Å². The van der Waals surface area contributed by atoms with Gasteiger partial charge in [0, 0.05) is 82.2 Å². The molecule has 0 spiro atoms. The molecule has 0 N–H and O–H groups in total. The summed E-state index contributed by atoms with van der Waals surface area (Å²) < 4.78 is 74.0. The second-order valence-corrected chi connectivity index (χ2v) is 15.9. The molecule has 2 unspecified atom stereocenters. The Balaban J connectivity index is 1.09. The molecule has 0 aliphatic carbocycles. The summed E-state index contributed by atoms with van der Waals surface area (Å²) in [6.45, 7) is 5.94. The second kappa shape index (κ2) is 14.9. The Morgan fingerprint density at radius 2 is 1.77 bits per heavy atom. The number of hydrogen-bond acceptors (Lipinski definition) is 12. The van der Waals surface area contributed by atoms with E-state index in [2.05, 4.69) is 24.9 Å². The van der Waals surface area contributed by atoms with E-state index in [9.17, 15) is 13.6 Å². The fourth-order valence-corrected chi connectivity index (χ4v) is 9.44. The predicted molar refractivity (Wildman–Crippen MR) is 212 cm³/mol. The molecule has 4 aliphatic rings. The first-order valence-corrected chi connectivity index (χ1v) is 20.1. The smallest absolute Gasteiger partial charge is 0.317 e. The van der Waals surface area contributed by atoms with Crippen LogP contribution in [-0.2, 0) is 16.1 Å². The Bertz CT molecular complexity index is 2630. The highest BCUT2D eigenvalue weighted by Gasteiger charge is 2.47. The monoisotopic (exact) mass is 826 g/mol. The minimum absolute atomic E-state index is 0.00945. The van der Waals surface area contributed by atoms with Gasteiger partial charge >= 0.3 is 6.01 Å². The maximum absolute atomic E-state index is 15.4. The lowest BCUT2D eigenvalue weighted by Gasteiger charge is -2.56. The number of anilines is 2. The van der Waals surface area contributed by atoms with Gasteiger partial charge in [-0.15, -0.1) is 0 Å². The second-order valence-electron chi connectivity index (χ2n) is 15.9. The lowest BCUT2D eigenvalue weighted by atomic mass is 9.88. The number of piperazine rings is 1. The fourth-order valence-electron chi connectivity index (χ4n) is 9.44. The first-order chi connectivity index (χ1) is 29.1. The van der Waals surface area contributed by atoms with Gasteiger partial charge in [0.05, 0.1) is 47.5 Å². The number of aryl methyl sites for hydroxylation is 1. The number of hydrogen-bond donors (Lipinski definition) is 0. The molecule has 0 radical (unpaired) electrons. The van der Waals surface area contributed by atoms with Gasteiger partial charge in [-0.1, -0.05) is 0 Å². The highest BCUT2D eigenvalue weighted by molar-refractivity contribution is 5.94. The Hall–Kier alpha value is -5.95. The number of carbonyl (C=O) groups excluding carboxylic acids is 1. The summed E-state index contributed by atoms with van der Waals surface area (Å²) in [5.74, 6) is -0.882. The van der Waals surface area contributed by atoms with Gasteiger partial charge in [-0.3, -0.25) is 9.69 Å². The minimum atomic E-state index is -0.829. The summed E-state index contributed by atoms with van der Waals surface area (Å²) in [6, 6.07) is 6.99. The zero-order valence-corrected chi connectivity index (χ0v) is 33.2. The average Bonchev–Trinajstić information content (AvgIpc) is 3.92. The predicted octanol–water partition coefficient (Wildman–Crippen LogP) is 4.48. The molecule has 3 fully saturated rings.